The van der Waals surface area contributed by atoms with Crippen LogP contribution in [-0.4, -0.2) is 18.1 Å². The van der Waals surface area contributed by atoms with Crippen LogP contribution in [0.2, 0.25) is 0 Å². The maximum absolute atomic E-state index is 6.07. The van der Waals surface area contributed by atoms with Crippen molar-refractivity contribution in [3.8, 4) is 11.5 Å². The third kappa shape index (κ3) is 3.73. The molecule has 0 bridgehead atoms. The molecule has 0 amide bonds. The Balaban J connectivity index is 2.29. The zero-order valence-corrected chi connectivity index (χ0v) is 12.7. The maximum Gasteiger partial charge on any atom is 0.162 e. The van der Waals surface area contributed by atoms with E-state index in [0.29, 0.717) is 5.75 Å². The first-order valence-electron chi connectivity index (χ1n) is 7.15. The number of benzene rings is 1. The van der Waals surface area contributed by atoms with Crippen molar-refractivity contribution in [1.82, 2.24) is 4.98 Å². The lowest BCUT2D eigenvalue weighted by atomic mass is 10.1. The number of nitrogens with two attached hydrogens (primary N) is 1. The van der Waals surface area contributed by atoms with E-state index in [1.54, 1.807) is 13.3 Å². The van der Waals surface area contributed by atoms with E-state index in [2.05, 4.69) is 11.9 Å². The molecule has 21 heavy (non-hydrogen) atoms. The number of methoxy groups -OCH3 is 1. The number of aryl methyl sites for hydroxylation is 1. The average molecular weight is 286 g/mol. The second-order valence-corrected chi connectivity index (χ2v) is 4.99. The summed E-state index contributed by atoms with van der Waals surface area (Å²) in [7, 11) is 1.64. The lowest BCUT2D eigenvalue weighted by Gasteiger charge is -2.23. The molecule has 2 N–H and O–H groups in total. The molecule has 0 saturated carbocycles. The quantitative estimate of drug-likeness (QED) is 0.886. The molecule has 4 nitrogen and oxygen atoms in total. The Hall–Kier alpha value is -2.07. The van der Waals surface area contributed by atoms with Gasteiger partial charge in [0.2, 0.25) is 0 Å². The molecule has 112 valence electrons. The number of nitrogens with zero attached hydrogens (tertiary/aromatic N) is 1. The predicted molar refractivity (Wildman–Crippen MR) is 83.6 cm³/mol. The second kappa shape index (κ2) is 7.09. The third-order valence-electron chi connectivity index (χ3n) is 3.35. The molecule has 0 aliphatic heterocycles. The molecule has 2 rings (SSSR count). The van der Waals surface area contributed by atoms with E-state index >= 15 is 0 Å². The van der Waals surface area contributed by atoms with Gasteiger partial charge in [-0.1, -0.05) is 19.1 Å². The monoisotopic (exact) mass is 286 g/mol. The SMILES string of the molecule is CCc1ccc(OC(c2ccccn2)C(C)N)c(OC)c1. The van der Waals surface area contributed by atoms with Gasteiger partial charge in [-0.15, -0.1) is 0 Å². The van der Waals surface area contributed by atoms with Crippen molar-refractivity contribution in [1.29, 1.82) is 0 Å². The molecule has 2 unspecified atom stereocenters. The fraction of sp³-hybridized carbons (Fsp3) is 0.353. The molecule has 0 aliphatic carbocycles. The van der Waals surface area contributed by atoms with Gasteiger partial charge in [-0.25, -0.2) is 0 Å². The predicted octanol–water partition coefficient (Wildman–Crippen LogP) is 3.12. The molecule has 1 heterocycles. The van der Waals surface area contributed by atoms with Crippen LogP contribution in [0.1, 0.15) is 31.2 Å². The van der Waals surface area contributed by atoms with Crippen LogP contribution in [0.3, 0.4) is 0 Å². The van der Waals surface area contributed by atoms with Crippen LogP contribution < -0.4 is 15.2 Å². The van der Waals surface area contributed by atoms with Gasteiger partial charge in [0.25, 0.3) is 0 Å². The molecule has 2 atom stereocenters. The van der Waals surface area contributed by atoms with Crippen LogP contribution in [0.4, 0.5) is 0 Å². The molecular formula is C17H22N2O2. The van der Waals surface area contributed by atoms with Crippen molar-refractivity contribution >= 4 is 0 Å². The van der Waals surface area contributed by atoms with Crippen molar-refractivity contribution in [2.45, 2.75) is 32.4 Å². The molecule has 0 saturated heterocycles. The Labute approximate surface area is 125 Å². The number of rotatable bonds is 6. The number of ether oxygens (including phenoxy) is 2. The van der Waals surface area contributed by atoms with E-state index in [1.807, 2.05) is 43.3 Å². The summed E-state index contributed by atoms with van der Waals surface area (Å²) < 4.78 is 11.5. The van der Waals surface area contributed by atoms with Crippen LogP contribution >= 0.6 is 0 Å². The zero-order chi connectivity index (χ0) is 15.2. The first-order valence-corrected chi connectivity index (χ1v) is 7.15. The summed E-state index contributed by atoms with van der Waals surface area (Å²) in [5.41, 5.74) is 8.08. The summed E-state index contributed by atoms with van der Waals surface area (Å²) in [4.78, 5) is 4.34. The van der Waals surface area contributed by atoms with Crippen LogP contribution in [0.5, 0.6) is 11.5 Å². The van der Waals surface area contributed by atoms with E-state index in [0.717, 1.165) is 17.9 Å². The number of pyridine rings is 1. The molecule has 2 aromatic rings. The maximum atomic E-state index is 6.07. The highest BCUT2D eigenvalue weighted by atomic mass is 16.5. The molecule has 0 spiro atoms. The van der Waals surface area contributed by atoms with E-state index in [9.17, 15) is 0 Å². The number of aromatic nitrogens is 1. The van der Waals surface area contributed by atoms with Crippen LogP contribution in [-0.2, 0) is 6.42 Å². The van der Waals surface area contributed by atoms with E-state index in [4.69, 9.17) is 15.2 Å². The lowest BCUT2D eigenvalue weighted by Crippen LogP contribution is -2.29. The number of hydrogen-bond donors (Lipinski definition) is 1. The molecule has 4 heteroatoms. The van der Waals surface area contributed by atoms with E-state index in [-0.39, 0.29) is 12.1 Å². The van der Waals surface area contributed by atoms with Gasteiger partial charge in [-0.2, -0.15) is 0 Å². The zero-order valence-electron chi connectivity index (χ0n) is 12.7. The van der Waals surface area contributed by atoms with Crippen LogP contribution in [0, 0.1) is 0 Å². The normalized spacial score (nSPS) is 13.5. The van der Waals surface area contributed by atoms with Crippen LogP contribution in [0.15, 0.2) is 42.6 Å². The summed E-state index contributed by atoms with van der Waals surface area (Å²) in [6.07, 6.45) is 2.38. The van der Waals surface area contributed by atoms with Gasteiger partial charge < -0.3 is 15.2 Å². The summed E-state index contributed by atoms with van der Waals surface area (Å²) in [5, 5.41) is 0. The van der Waals surface area contributed by atoms with Crippen molar-refractivity contribution in [3.05, 3.63) is 53.9 Å². The third-order valence-corrected chi connectivity index (χ3v) is 3.35. The Morgan fingerprint density at radius 3 is 2.57 bits per heavy atom. The van der Waals surface area contributed by atoms with Crippen molar-refractivity contribution in [3.63, 3.8) is 0 Å². The lowest BCUT2D eigenvalue weighted by molar-refractivity contribution is 0.169. The Bertz CT molecular complexity index is 570. The minimum Gasteiger partial charge on any atom is -0.493 e. The van der Waals surface area contributed by atoms with Crippen molar-refractivity contribution in [2.75, 3.05) is 7.11 Å². The van der Waals surface area contributed by atoms with Gasteiger partial charge >= 0.3 is 0 Å². The fourth-order valence-electron chi connectivity index (χ4n) is 2.15. The van der Waals surface area contributed by atoms with Crippen LogP contribution in [0.25, 0.3) is 0 Å². The van der Waals surface area contributed by atoms with Gasteiger partial charge in [0.1, 0.15) is 0 Å². The first-order chi connectivity index (χ1) is 10.2. The summed E-state index contributed by atoms with van der Waals surface area (Å²) in [6.45, 7) is 4.01. The second-order valence-electron chi connectivity index (χ2n) is 4.99. The Morgan fingerprint density at radius 1 is 1.19 bits per heavy atom. The van der Waals surface area contributed by atoms with E-state index in [1.165, 1.54) is 5.56 Å². The van der Waals surface area contributed by atoms with Crippen molar-refractivity contribution in [2.24, 2.45) is 5.73 Å². The average Bonchev–Trinajstić information content (AvgIpc) is 2.53. The molecule has 1 aromatic heterocycles. The molecule has 0 aliphatic rings. The van der Waals surface area contributed by atoms with Gasteiger partial charge in [0.05, 0.1) is 12.8 Å². The summed E-state index contributed by atoms with van der Waals surface area (Å²) >= 11 is 0. The first kappa shape index (κ1) is 15.3. The van der Waals surface area contributed by atoms with Gasteiger partial charge in [0, 0.05) is 12.2 Å². The molecular weight excluding hydrogens is 264 g/mol. The fourth-order valence-corrected chi connectivity index (χ4v) is 2.15. The minimum absolute atomic E-state index is 0.185. The Morgan fingerprint density at radius 2 is 2.00 bits per heavy atom. The highest BCUT2D eigenvalue weighted by Crippen LogP contribution is 2.32. The van der Waals surface area contributed by atoms with E-state index < -0.39 is 0 Å². The molecule has 0 fully saturated rings. The highest BCUT2D eigenvalue weighted by molar-refractivity contribution is 5.43. The van der Waals surface area contributed by atoms with Gasteiger partial charge in [-0.3, -0.25) is 4.98 Å². The summed E-state index contributed by atoms with van der Waals surface area (Å²) in [6, 6.07) is 11.5. The minimum atomic E-state index is -0.312. The smallest absolute Gasteiger partial charge is 0.162 e. The van der Waals surface area contributed by atoms with Crippen molar-refractivity contribution < 1.29 is 9.47 Å². The summed E-state index contributed by atoms with van der Waals surface area (Å²) in [5.74, 6) is 1.40. The topological polar surface area (TPSA) is 57.4 Å². The molecule has 1 aromatic carbocycles. The molecule has 0 radical (unpaired) electrons. The Kier molecular flexibility index (Phi) is 5.17. The highest BCUT2D eigenvalue weighted by Gasteiger charge is 2.21. The standard InChI is InChI=1S/C17H22N2O2/c1-4-13-8-9-15(16(11-13)20-3)21-17(12(2)18)14-7-5-6-10-19-14/h5-12,17H,4,18H2,1-3H3. The van der Waals surface area contributed by atoms with Gasteiger partial charge in [0.15, 0.2) is 17.6 Å². The number of hydrogen-bond acceptors (Lipinski definition) is 4. The largest absolute Gasteiger partial charge is 0.493 e. The van der Waals surface area contributed by atoms with Gasteiger partial charge in [-0.05, 0) is 43.2 Å².